The number of aryl methyl sites for hydroxylation is 1. The largest absolute Gasteiger partial charge is 0.348 e. The lowest BCUT2D eigenvalue weighted by Gasteiger charge is -2.22. The Morgan fingerprint density at radius 3 is 2.35 bits per heavy atom. The molecule has 140 valence electrons. The molecule has 0 aliphatic carbocycles. The Balaban J connectivity index is 2.07. The van der Waals surface area contributed by atoms with Gasteiger partial charge in [0.15, 0.2) is 0 Å². The van der Waals surface area contributed by atoms with Gasteiger partial charge >= 0.3 is 0 Å². The van der Waals surface area contributed by atoms with Gasteiger partial charge in [0.05, 0.1) is 18.8 Å². The molecule has 1 atom stereocenters. The molecule has 2 rings (SSSR count). The first-order valence-electron chi connectivity index (χ1n) is 8.21. The maximum absolute atomic E-state index is 12.4. The van der Waals surface area contributed by atoms with Crippen molar-refractivity contribution in [3.05, 3.63) is 70.2 Å². The summed E-state index contributed by atoms with van der Waals surface area (Å²) in [6, 6.07) is 14.6. The Bertz CT molecular complexity index is 867. The first kappa shape index (κ1) is 20.4. The van der Waals surface area contributed by atoms with Crippen molar-refractivity contribution in [3.8, 4) is 0 Å². The summed E-state index contributed by atoms with van der Waals surface area (Å²) in [5, 5.41) is 3.31. The first-order valence-corrected chi connectivity index (χ1v) is 10.4. The van der Waals surface area contributed by atoms with E-state index in [0.717, 1.165) is 21.7 Å². The Kier molecular flexibility index (Phi) is 6.81. The van der Waals surface area contributed by atoms with Gasteiger partial charge in [0.25, 0.3) is 0 Å². The second kappa shape index (κ2) is 8.66. The molecule has 26 heavy (non-hydrogen) atoms. The predicted octanol–water partition coefficient (Wildman–Crippen LogP) is 3.29. The quantitative estimate of drug-likeness (QED) is 0.783. The predicted molar refractivity (Wildman–Crippen MR) is 104 cm³/mol. The fourth-order valence-electron chi connectivity index (χ4n) is 2.49. The summed E-state index contributed by atoms with van der Waals surface area (Å²) in [7, 11) is -3.57. The number of halogens is 1. The Hall–Kier alpha value is -1.89. The molecule has 0 bridgehead atoms. The van der Waals surface area contributed by atoms with Crippen molar-refractivity contribution >= 4 is 27.5 Å². The van der Waals surface area contributed by atoms with Gasteiger partial charge < -0.3 is 5.32 Å². The van der Waals surface area contributed by atoms with Crippen molar-refractivity contribution < 1.29 is 13.2 Å². The van der Waals surface area contributed by atoms with Gasteiger partial charge in [-0.2, -0.15) is 4.31 Å². The Labute approximate surface area is 160 Å². The monoisotopic (exact) mass is 394 g/mol. The zero-order valence-corrected chi connectivity index (χ0v) is 16.6. The summed E-state index contributed by atoms with van der Waals surface area (Å²) < 4.78 is 25.3. The molecule has 0 saturated heterocycles. The van der Waals surface area contributed by atoms with Crippen LogP contribution in [-0.2, 0) is 21.4 Å². The Morgan fingerprint density at radius 1 is 1.15 bits per heavy atom. The third-order valence-electron chi connectivity index (χ3n) is 4.05. The normalized spacial score (nSPS) is 12.8. The number of nitrogens with one attached hydrogen (secondary N) is 1. The minimum atomic E-state index is -3.57. The van der Waals surface area contributed by atoms with Crippen LogP contribution in [-0.4, -0.2) is 31.4 Å². The zero-order chi connectivity index (χ0) is 19.3. The van der Waals surface area contributed by atoms with Gasteiger partial charge in [0, 0.05) is 11.6 Å². The van der Waals surface area contributed by atoms with E-state index >= 15 is 0 Å². The van der Waals surface area contributed by atoms with E-state index < -0.39 is 10.0 Å². The SMILES string of the molecule is Cc1ccc([C@H](C)NC(=O)CN(Cc2ccccc2Cl)S(C)(=O)=O)cc1. The number of rotatable bonds is 7. The van der Waals surface area contributed by atoms with Crippen LogP contribution in [0.5, 0.6) is 0 Å². The number of carbonyl (C=O) groups excluding carboxylic acids is 1. The number of carbonyl (C=O) groups is 1. The maximum Gasteiger partial charge on any atom is 0.235 e. The molecule has 0 spiro atoms. The second-order valence-electron chi connectivity index (χ2n) is 6.32. The van der Waals surface area contributed by atoms with Gasteiger partial charge in [-0.1, -0.05) is 59.6 Å². The Morgan fingerprint density at radius 2 is 1.77 bits per heavy atom. The van der Waals surface area contributed by atoms with Crippen LogP contribution in [0.3, 0.4) is 0 Å². The van der Waals surface area contributed by atoms with Gasteiger partial charge in [-0.15, -0.1) is 0 Å². The number of benzene rings is 2. The fourth-order valence-corrected chi connectivity index (χ4v) is 3.41. The lowest BCUT2D eigenvalue weighted by molar-refractivity contribution is -0.122. The van der Waals surface area contributed by atoms with Gasteiger partial charge in [0.2, 0.25) is 15.9 Å². The molecule has 0 saturated carbocycles. The van der Waals surface area contributed by atoms with Gasteiger partial charge in [-0.05, 0) is 31.0 Å². The number of hydrogen-bond acceptors (Lipinski definition) is 3. The van der Waals surface area contributed by atoms with E-state index in [4.69, 9.17) is 11.6 Å². The van der Waals surface area contributed by atoms with Crippen LogP contribution in [0.1, 0.15) is 29.7 Å². The molecular formula is C19H23ClN2O3S. The molecule has 7 heteroatoms. The third-order valence-corrected chi connectivity index (χ3v) is 5.61. The van der Waals surface area contributed by atoms with Crippen LogP contribution in [0.15, 0.2) is 48.5 Å². The van der Waals surface area contributed by atoms with Crippen molar-refractivity contribution in [2.75, 3.05) is 12.8 Å². The van der Waals surface area contributed by atoms with Crippen LogP contribution in [0.25, 0.3) is 0 Å². The molecule has 1 N–H and O–H groups in total. The standard InChI is InChI=1S/C19H23ClN2O3S/c1-14-8-10-16(11-9-14)15(2)21-19(23)13-22(26(3,24)25)12-17-6-4-5-7-18(17)20/h4-11,15H,12-13H2,1-3H3,(H,21,23)/t15-/m0/s1. The summed E-state index contributed by atoms with van der Waals surface area (Å²) in [6.45, 7) is 3.64. The highest BCUT2D eigenvalue weighted by Gasteiger charge is 2.22. The number of hydrogen-bond donors (Lipinski definition) is 1. The average Bonchev–Trinajstić information content (AvgIpc) is 2.55. The van der Waals surface area contributed by atoms with Crippen molar-refractivity contribution in [1.82, 2.24) is 9.62 Å². The van der Waals surface area contributed by atoms with Crippen molar-refractivity contribution in [2.24, 2.45) is 0 Å². The zero-order valence-electron chi connectivity index (χ0n) is 15.1. The van der Waals surface area contributed by atoms with Crippen molar-refractivity contribution in [1.29, 1.82) is 0 Å². The summed E-state index contributed by atoms with van der Waals surface area (Å²) >= 11 is 6.11. The lowest BCUT2D eigenvalue weighted by atomic mass is 10.1. The first-order chi connectivity index (χ1) is 12.2. The van der Waals surface area contributed by atoms with E-state index in [-0.39, 0.29) is 25.0 Å². The molecule has 0 aliphatic heterocycles. The molecule has 2 aromatic carbocycles. The van der Waals surface area contributed by atoms with E-state index in [1.54, 1.807) is 24.3 Å². The number of amides is 1. The highest BCUT2D eigenvalue weighted by Crippen LogP contribution is 2.18. The van der Waals surface area contributed by atoms with Crippen LogP contribution < -0.4 is 5.32 Å². The summed E-state index contributed by atoms with van der Waals surface area (Å²) in [4.78, 5) is 12.4. The molecule has 5 nitrogen and oxygen atoms in total. The van der Waals surface area contributed by atoms with E-state index in [1.807, 2.05) is 38.1 Å². The maximum atomic E-state index is 12.4. The molecule has 0 radical (unpaired) electrons. The molecule has 1 amide bonds. The number of nitrogens with zero attached hydrogens (tertiary/aromatic N) is 1. The molecule has 2 aromatic rings. The van der Waals surface area contributed by atoms with Gasteiger partial charge in [-0.25, -0.2) is 8.42 Å². The highest BCUT2D eigenvalue weighted by molar-refractivity contribution is 7.88. The van der Waals surface area contributed by atoms with Crippen molar-refractivity contribution in [2.45, 2.75) is 26.4 Å². The van der Waals surface area contributed by atoms with E-state index in [0.29, 0.717) is 10.6 Å². The fraction of sp³-hybridized carbons (Fsp3) is 0.316. The second-order valence-corrected chi connectivity index (χ2v) is 8.71. The van der Waals surface area contributed by atoms with Gasteiger partial charge in [0.1, 0.15) is 0 Å². The molecular weight excluding hydrogens is 372 g/mol. The molecule has 0 aromatic heterocycles. The minimum absolute atomic E-state index is 0.0465. The summed E-state index contributed by atoms with van der Waals surface area (Å²) in [5.74, 6) is -0.365. The molecule has 0 unspecified atom stereocenters. The molecule has 0 aliphatic rings. The minimum Gasteiger partial charge on any atom is -0.348 e. The van der Waals surface area contributed by atoms with E-state index in [2.05, 4.69) is 5.32 Å². The van der Waals surface area contributed by atoms with Crippen LogP contribution in [0.2, 0.25) is 5.02 Å². The number of sulfonamides is 1. The highest BCUT2D eigenvalue weighted by atomic mass is 35.5. The lowest BCUT2D eigenvalue weighted by Crippen LogP contribution is -2.40. The third kappa shape index (κ3) is 5.83. The van der Waals surface area contributed by atoms with Gasteiger partial charge in [-0.3, -0.25) is 4.79 Å². The van der Waals surface area contributed by atoms with E-state index in [1.165, 1.54) is 0 Å². The summed E-state index contributed by atoms with van der Waals surface area (Å²) in [5.41, 5.74) is 2.75. The van der Waals surface area contributed by atoms with Crippen LogP contribution in [0.4, 0.5) is 0 Å². The van der Waals surface area contributed by atoms with Crippen molar-refractivity contribution in [3.63, 3.8) is 0 Å². The smallest absolute Gasteiger partial charge is 0.235 e. The average molecular weight is 395 g/mol. The summed E-state index contributed by atoms with van der Waals surface area (Å²) in [6.07, 6.45) is 1.08. The van der Waals surface area contributed by atoms with Crippen LogP contribution in [0, 0.1) is 6.92 Å². The molecule has 0 fully saturated rings. The van der Waals surface area contributed by atoms with Crippen LogP contribution >= 0.6 is 11.6 Å². The van der Waals surface area contributed by atoms with E-state index in [9.17, 15) is 13.2 Å². The topological polar surface area (TPSA) is 66.5 Å². The molecule has 0 heterocycles.